The molecule has 0 fully saturated rings. The van der Waals surface area contributed by atoms with Gasteiger partial charge in [-0.1, -0.05) is 12.1 Å². The number of nitrogens with two attached hydrogens (primary N) is 1. The van der Waals surface area contributed by atoms with Gasteiger partial charge in [-0.2, -0.15) is 0 Å². The summed E-state index contributed by atoms with van der Waals surface area (Å²) in [5, 5.41) is 1.13. The molecule has 0 spiro atoms. The van der Waals surface area contributed by atoms with Crippen LogP contribution in [-0.2, 0) is 6.42 Å². The quantitative estimate of drug-likeness (QED) is 0.920. The van der Waals surface area contributed by atoms with Crippen LogP contribution in [0.25, 0.3) is 10.4 Å². The Labute approximate surface area is 112 Å². The molecule has 0 aliphatic heterocycles. The van der Waals surface area contributed by atoms with E-state index in [9.17, 15) is 0 Å². The Morgan fingerprint density at radius 2 is 1.89 bits per heavy atom. The van der Waals surface area contributed by atoms with Gasteiger partial charge < -0.3 is 10.6 Å². The lowest BCUT2D eigenvalue weighted by Crippen LogP contribution is -2.07. The molecular formula is C14H19N3S. The zero-order valence-electron chi connectivity index (χ0n) is 11.1. The molecule has 2 rings (SSSR count). The van der Waals surface area contributed by atoms with Crippen molar-refractivity contribution in [2.75, 3.05) is 25.5 Å². The second kappa shape index (κ2) is 5.50. The van der Waals surface area contributed by atoms with Gasteiger partial charge in [-0.25, -0.2) is 4.98 Å². The molecule has 2 aromatic rings. The molecule has 0 aliphatic carbocycles. The van der Waals surface area contributed by atoms with Gasteiger partial charge in [0.15, 0.2) is 0 Å². The second-order valence-electron chi connectivity index (χ2n) is 4.50. The molecule has 1 aromatic carbocycles. The monoisotopic (exact) mass is 261 g/mol. The normalized spacial score (nSPS) is 10.7. The Morgan fingerprint density at radius 1 is 1.22 bits per heavy atom. The summed E-state index contributed by atoms with van der Waals surface area (Å²) in [4.78, 5) is 7.92. The Kier molecular flexibility index (Phi) is 3.99. The number of rotatable bonds is 4. The molecular weight excluding hydrogens is 242 g/mol. The SMILES string of the molecule is Cc1nc(CCN)sc1-c1ccc(N(C)C)cc1. The van der Waals surface area contributed by atoms with Crippen LogP contribution < -0.4 is 10.6 Å². The van der Waals surface area contributed by atoms with Crippen LogP contribution in [0.4, 0.5) is 5.69 Å². The fourth-order valence-electron chi connectivity index (χ4n) is 1.86. The van der Waals surface area contributed by atoms with Gasteiger partial charge in [0.05, 0.1) is 15.6 Å². The number of aryl methyl sites for hydroxylation is 1. The number of benzene rings is 1. The molecule has 3 nitrogen and oxygen atoms in total. The fraction of sp³-hybridized carbons (Fsp3) is 0.357. The maximum atomic E-state index is 5.57. The van der Waals surface area contributed by atoms with E-state index in [-0.39, 0.29) is 0 Å². The largest absolute Gasteiger partial charge is 0.378 e. The minimum Gasteiger partial charge on any atom is -0.378 e. The summed E-state index contributed by atoms with van der Waals surface area (Å²) in [5.74, 6) is 0. The summed E-state index contributed by atoms with van der Waals surface area (Å²) in [7, 11) is 4.10. The van der Waals surface area contributed by atoms with Crippen LogP contribution in [0.5, 0.6) is 0 Å². The minimum atomic E-state index is 0.659. The van der Waals surface area contributed by atoms with E-state index in [4.69, 9.17) is 5.73 Å². The Morgan fingerprint density at radius 3 is 2.44 bits per heavy atom. The first kappa shape index (κ1) is 13.1. The number of nitrogens with zero attached hydrogens (tertiary/aromatic N) is 2. The smallest absolute Gasteiger partial charge is 0.0947 e. The molecule has 1 aromatic heterocycles. The maximum absolute atomic E-state index is 5.57. The van der Waals surface area contributed by atoms with Gasteiger partial charge in [0.25, 0.3) is 0 Å². The molecule has 0 bridgehead atoms. The van der Waals surface area contributed by atoms with E-state index in [0.29, 0.717) is 6.54 Å². The average molecular weight is 261 g/mol. The third kappa shape index (κ3) is 2.71. The van der Waals surface area contributed by atoms with Crippen LogP contribution in [0.15, 0.2) is 24.3 Å². The molecule has 0 atom stereocenters. The molecule has 4 heteroatoms. The predicted octanol–water partition coefficient (Wildman–Crippen LogP) is 2.69. The van der Waals surface area contributed by atoms with Gasteiger partial charge in [0.1, 0.15) is 0 Å². The Bertz CT molecular complexity index is 514. The molecule has 96 valence electrons. The molecule has 0 aliphatic rings. The van der Waals surface area contributed by atoms with Crippen LogP contribution >= 0.6 is 11.3 Å². The van der Waals surface area contributed by atoms with Crippen molar-refractivity contribution in [1.29, 1.82) is 0 Å². The van der Waals surface area contributed by atoms with Crippen molar-refractivity contribution >= 4 is 17.0 Å². The van der Waals surface area contributed by atoms with Gasteiger partial charge in [-0.15, -0.1) is 11.3 Å². The Balaban J connectivity index is 2.30. The van der Waals surface area contributed by atoms with E-state index in [1.165, 1.54) is 16.1 Å². The highest BCUT2D eigenvalue weighted by atomic mass is 32.1. The zero-order chi connectivity index (χ0) is 13.1. The molecule has 0 saturated carbocycles. The second-order valence-corrected chi connectivity index (χ2v) is 5.59. The highest BCUT2D eigenvalue weighted by Gasteiger charge is 2.09. The Hall–Kier alpha value is -1.39. The lowest BCUT2D eigenvalue weighted by atomic mass is 10.1. The van der Waals surface area contributed by atoms with Crippen molar-refractivity contribution in [3.63, 3.8) is 0 Å². The summed E-state index contributed by atoms with van der Waals surface area (Å²) in [6, 6.07) is 8.58. The third-order valence-electron chi connectivity index (χ3n) is 2.84. The van der Waals surface area contributed by atoms with Crippen LogP contribution in [0.3, 0.4) is 0 Å². The highest BCUT2D eigenvalue weighted by Crippen LogP contribution is 2.31. The van der Waals surface area contributed by atoms with Crippen molar-refractivity contribution in [2.24, 2.45) is 5.73 Å². The maximum Gasteiger partial charge on any atom is 0.0947 e. The first-order valence-corrected chi connectivity index (χ1v) is 6.87. The van der Waals surface area contributed by atoms with E-state index in [0.717, 1.165) is 17.1 Å². The van der Waals surface area contributed by atoms with E-state index in [1.807, 2.05) is 14.1 Å². The first-order chi connectivity index (χ1) is 8.61. The van der Waals surface area contributed by atoms with Crippen LogP contribution in [0.2, 0.25) is 0 Å². The average Bonchev–Trinajstić information content (AvgIpc) is 2.71. The van der Waals surface area contributed by atoms with E-state index in [1.54, 1.807) is 11.3 Å². The lowest BCUT2D eigenvalue weighted by Gasteiger charge is -2.12. The molecule has 0 radical (unpaired) electrons. The number of hydrogen-bond donors (Lipinski definition) is 1. The van der Waals surface area contributed by atoms with E-state index < -0.39 is 0 Å². The summed E-state index contributed by atoms with van der Waals surface area (Å²) in [5.41, 5.74) is 9.12. The van der Waals surface area contributed by atoms with E-state index in [2.05, 4.69) is 41.1 Å². The summed E-state index contributed by atoms with van der Waals surface area (Å²) in [6.07, 6.45) is 0.862. The molecule has 2 N–H and O–H groups in total. The summed E-state index contributed by atoms with van der Waals surface area (Å²) >= 11 is 1.75. The molecule has 1 heterocycles. The standard InChI is InChI=1S/C14H19N3S/c1-10-14(18-13(16-10)8-9-15)11-4-6-12(7-5-11)17(2)3/h4-7H,8-9,15H2,1-3H3. The van der Waals surface area contributed by atoms with Crippen LogP contribution in [0.1, 0.15) is 10.7 Å². The summed E-state index contributed by atoms with van der Waals surface area (Å²) in [6.45, 7) is 2.72. The third-order valence-corrected chi connectivity index (χ3v) is 4.11. The van der Waals surface area contributed by atoms with Crippen molar-refractivity contribution < 1.29 is 0 Å². The molecule has 0 unspecified atom stereocenters. The number of thiazole rings is 1. The van der Waals surface area contributed by atoms with E-state index >= 15 is 0 Å². The van der Waals surface area contributed by atoms with Crippen LogP contribution in [-0.4, -0.2) is 25.6 Å². The minimum absolute atomic E-state index is 0.659. The molecule has 0 saturated heterocycles. The summed E-state index contributed by atoms with van der Waals surface area (Å²) < 4.78 is 0. The number of hydrogen-bond acceptors (Lipinski definition) is 4. The van der Waals surface area contributed by atoms with Gasteiger partial charge in [0, 0.05) is 26.2 Å². The van der Waals surface area contributed by atoms with Crippen molar-refractivity contribution in [2.45, 2.75) is 13.3 Å². The van der Waals surface area contributed by atoms with Crippen molar-refractivity contribution in [1.82, 2.24) is 4.98 Å². The van der Waals surface area contributed by atoms with Crippen molar-refractivity contribution in [3.8, 4) is 10.4 Å². The van der Waals surface area contributed by atoms with Gasteiger partial charge in [-0.05, 0) is 31.2 Å². The number of anilines is 1. The van der Waals surface area contributed by atoms with Gasteiger partial charge in [-0.3, -0.25) is 0 Å². The van der Waals surface area contributed by atoms with Gasteiger partial charge >= 0.3 is 0 Å². The molecule has 0 amide bonds. The first-order valence-electron chi connectivity index (χ1n) is 6.06. The topological polar surface area (TPSA) is 42.1 Å². The van der Waals surface area contributed by atoms with Crippen LogP contribution in [0, 0.1) is 6.92 Å². The molecule has 18 heavy (non-hydrogen) atoms. The highest BCUT2D eigenvalue weighted by molar-refractivity contribution is 7.15. The fourth-order valence-corrected chi connectivity index (χ4v) is 2.95. The lowest BCUT2D eigenvalue weighted by molar-refractivity contribution is 0.946. The zero-order valence-corrected chi connectivity index (χ0v) is 11.9. The van der Waals surface area contributed by atoms with Crippen molar-refractivity contribution in [3.05, 3.63) is 35.0 Å². The van der Waals surface area contributed by atoms with Gasteiger partial charge in [0.2, 0.25) is 0 Å². The number of aromatic nitrogens is 1. The predicted molar refractivity (Wildman–Crippen MR) is 79.4 cm³/mol.